The molecule has 4 heterocycles. The highest BCUT2D eigenvalue weighted by Gasteiger charge is 2.18. The van der Waals surface area contributed by atoms with E-state index < -0.39 is 0 Å². The Morgan fingerprint density at radius 1 is 0.795 bits per heavy atom. The fraction of sp³-hybridized carbons (Fsp3) is 0.250. The molecular weight excluding hydrogens is 482 g/mol. The number of benzene rings is 2. The van der Waals surface area contributed by atoms with Crippen LogP contribution in [0.4, 0.5) is 5.69 Å². The molecule has 0 unspecified atom stereocenters. The first kappa shape index (κ1) is 24.9. The smallest absolute Gasteiger partial charge is 0.133 e. The Morgan fingerprint density at radius 3 is 2.36 bits per heavy atom. The van der Waals surface area contributed by atoms with Crippen LogP contribution in [0.5, 0.6) is 0 Å². The number of nitrogens with zero attached hydrogens (tertiary/aromatic N) is 7. The van der Waals surface area contributed by atoms with E-state index in [0.717, 1.165) is 67.6 Å². The van der Waals surface area contributed by atoms with E-state index in [-0.39, 0.29) is 0 Å². The van der Waals surface area contributed by atoms with Gasteiger partial charge in [0.2, 0.25) is 0 Å². The van der Waals surface area contributed by atoms with E-state index in [9.17, 15) is 0 Å². The molecule has 0 amide bonds. The van der Waals surface area contributed by atoms with Crippen molar-refractivity contribution >= 4 is 5.69 Å². The maximum absolute atomic E-state index is 4.93. The summed E-state index contributed by atoms with van der Waals surface area (Å²) in [7, 11) is 0. The van der Waals surface area contributed by atoms with E-state index >= 15 is 0 Å². The van der Waals surface area contributed by atoms with Crippen molar-refractivity contribution < 1.29 is 0 Å². The molecule has 3 aromatic heterocycles. The van der Waals surface area contributed by atoms with Gasteiger partial charge in [-0.25, -0.2) is 9.97 Å². The third-order valence-electron chi connectivity index (χ3n) is 7.29. The van der Waals surface area contributed by atoms with Crippen molar-refractivity contribution in [3.8, 4) is 22.5 Å². The van der Waals surface area contributed by atoms with Crippen LogP contribution in [0.3, 0.4) is 0 Å². The number of hydrogen-bond donors (Lipinski definition) is 0. The van der Waals surface area contributed by atoms with Crippen LogP contribution in [0.25, 0.3) is 22.5 Å². The first-order chi connectivity index (χ1) is 19.2. The first-order valence-corrected chi connectivity index (χ1v) is 13.7. The third-order valence-corrected chi connectivity index (χ3v) is 7.29. The Morgan fingerprint density at radius 2 is 1.62 bits per heavy atom. The molecule has 39 heavy (non-hydrogen) atoms. The summed E-state index contributed by atoms with van der Waals surface area (Å²) in [4.78, 5) is 18.8. The highest BCUT2D eigenvalue weighted by molar-refractivity contribution is 5.78. The summed E-state index contributed by atoms with van der Waals surface area (Å²) in [6, 6.07) is 25.5. The molecule has 0 aliphatic carbocycles. The zero-order valence-corrected chi connectivity index (χ0v) is 22.3. The van der Waals surface area contributed by atoms with E-state index in [4.69, 9.17) is 10.1 Å². The van der Waals surface area contributed by atoms with E-state index in [1.54, 1.807) is 6.20 Å². The Balaban J connectivity index is 1.12. The number of aromatic nitrogens is 5. The molecule has 6 rings (SSSR count). The van der Waals surface area contributed by atoms with Crippen LogP contribution in [0, 0.1) is 0 Å². The molecule has 2 aromatic carbocycles. The van der Waals surface area contributed by atoms with Crippen molar-refractivity contribution in [1.29, 1.82) is 0 Å². The summed E-state index contributed by atoms with van der Waals surface area (Å²) in [6.07, 6.45) is 8.21. The minimum absolute atomic E-state index is 0.684. The molecule has 1 aliphatic rings. The third kappa shape index (κ3) is 5.89. The van der Waals surface area contributed by atoms with Gasteiger partial charge in [-0.3, -0.25) is 14.6 Å². The van der Waals surface area contributed by atoms with Crippen LogP contribution in [-0.2, 0) is 19.5 Å². The topological polar surface area (TPSA) is 63.0 Å². The number of piperazine rings is 1. The molecule has 0 radical (unpaired) electrons. The number of pyridine rings is 1. The fourth-order valence-electron chi connectivity index (χ4n) is 5.13. The van der Waals surface area contributed by atoms with Crippen molar-refractivity contribution in [2.75, 3.05) is 31.1 Å². The highest BCUT2D eigenvalue weighted by Crippen LogP contribution is 2.29. The van der Waals surface area contributed by atoms with Crippen LogP contribution in [0.2, 0.25) is 0 Å². The maximum atomic E-state index is 4.93. The van der Waals surface area contributed by atoms with Crippen LogP contribution < -0.4 is 4.90 Å². The van der Waals surface area contributed by atoms with Gasteiger partial charge in [0.25, 0.3) is 0 Å². The van der Waals surface area contributed by atoms with E-state index in [1.807, 2.05) is 35.3 Å². The number of rotatable bonds is 8. The quantitative estimate of drug-likeness (QED) is 0.278. The number of aryl methyl sites for hydroxylation is 1. The predicted octanol–water partition coefficient (Wildman–Crippen LogP) is 5.34. The summed E-state index contributed by atoms with van der Waals surface area (Å²) in [5, 5.41) is 4.78. The molecule has 0 bridgehead atoms. The molecule has 0 saturated carbocycles. The maximum Gasteiger partial charge on any atom is 0.133 e. The minimum atomic E-state index is 0.684. The standard InChI is InChI=1S/C32H33N7/c1-2-39-24-29(32(36-39)27-9-6-15-33-22-27)30-14-16-34-31(35-30)21-25-10-12-28(13-11-25)38-19-17-37(18-20-38)23-26-7-4-3-5-8-26/h3-16,22,24H,2,17-21,23H2,1H3. The largest absolute Gasteiger partial charge is 0.369 e. The molecule has 7 nitrogen and oxygen atoms in total. The molecule has 1 fully saturated rings. The Bertz CT molecular complexity index is 1490. The van der Waals surface area contributed by atoms with Gasteiger partial charge in [0.1, 0.15) is 11.5 Å². The lowest BCUT2D eigenvalue weighted by molar-refractivity contribution is 0.250. The highest BCUT2D eigenvalue weighted by atomic mass is 15.3. The second-order valence-electron chi connectivity index (χ2n) is 9.94. The monoisotopic (exact) mass is 515 g/mol. The van der Waals surface area contributed by atoms with Gasteiger partial charge in [-0.15, -0.1) is 0 Å². The van der Waals surface area contributed by atoms with Crippen molar-refractivity contribution in [2.45, 2.75) is 26.4 Å². The lowest BCUT2D eigenvalue weighted by Crippen LogP contribution is -2.45. The second kappa shape index (κ2) is 11.6. The van der Waals surface area contributed by atoms with Gasteiger partial charge in [0, 0.05) is 87.3 Å². The molecular formula is C32H33N7. The summed E-state index contributed by atoms with van der Waals surface area (Å²) in [5.41, 5.74) is 7.61. The van der Waals surface area contributed by atoms with Gasteiger partial charge in [0.05, 0.1) is 5.69 Å². The molecule has 1 aliphatic heterocycles. The molecule has 0 spiro atoms. The molecule has 7 heteroatoms. The van der Waals surface area contributed by atoms with E-state index in [2.05, 4.69) is 87.5 Å². The molecule has 0 N–H and O–H groups in total. The molecule has 5 aromatic rings. The average molecular weight is 516 g/mol. The van der Waals surface area contributed by atoms with E-state index in [0.29, 0.717) is 6.42 Å². The predicted molar refractivity (Wildman–Crippen MR) is 155 cm³/mol. The zero-order chi connectivity index (χ0) is 26.4. The van der Waals surface area contributed by atoms with Crippen molar-refractivity contribution in [2.24, 2.45) is 0 Å². The average Bonchev–Trinajstić information content (AvgIpc) is 3.44. The molecule has 1 saturated heterocycles. The second-order valence-corrected chi connectivity index (χ2v) is 9.94. The van der Waals surface area contributed by atoms with Crippen molar-refractivity contribution in [1.82, 2.24) is 29.6 Å². The summed E-state index contributed by atoms with van der Waals surface area (Å²) < 4.78 is 1.94. The van der Waals surface area contributed by atoms with Crippen LogP contribution in [0.1, 0.15) is 23.9 Å². The number of hydrogen-bond acceptors (Lipinski definition) is 6. The van der Waals surface area contributed by atoms with Gasteiger partial charge in [-0.2, -0.15) is 5.10 Å². The van der Waals surface area contributed by atoms with Gasteiger partial charge in [-0.1, -0.05) is 42.5 Å². The minimum Gasteiger partial charge on any atom is -0.369 e. The van der Waals surface area contributed by atoms with E-state index in [1.165, 1.54) is 16.8 Å². The van der Waals surface area contributed by atoms with Gasteiger partial charge in [0.15, 0.2) is 0 Å². The van der Waals surface area contributed by atoms with Crippen LogP contribution in [0.15, 0.2) is 97.6 Å². The normalized spacial score (nSPS) is 14.0. The van der Waals surface area contributed by atoms with Crippen molar-refractivity contribution in [3.05, 3.63) is 115 Å². The number of anilines is 1. The zero-order valence-electron chi connectivity index (χ0n) is 22.3. The molecule has 196 valence electrons. The summed E-state index contributed by atoms with van der Waals surface area (Å²) in [5.74, 6) is 0.802. The molecule has 0 atom stereocenters. The fourth-order valence-corrected chi connectivity index (χ4v) is 5.13. The van der Waals surface area contributed by atoms with Gasteiger partial charge < -0.3 is 4.90 Å². The van der Waals surface area contributed by atoms with Crippen LogP contribution >= 0.6 is 0 Å². The summed E-state index contributed by atoms with van der Waals surface area (Å²) >= 11 is 0. The van der Waals surface area contributed by atoms with Crippen molar-refractivity contribution in [3.63, 3.8) is 0 Å². The lowest BCUT2D eigenvalue weighted by Gasteiger charge is -2.36. The Labute approximate surface area is 229 Å². The summed E-state index contributed by atoms with van der Waals surface area (Å²) in [6.45, 7) is 8.14. The van der Waals surface area contributed by atoms with Gasteiger partial charge in [-0.05, 0) is 48.4 Å². The van der Waals surface area contributed by atoms with Crippen LogP contribution in [-0.4, -0.2) is 55.8 Å². The lowest BCUT2D eigenvalue weighted by atomic mass is 10.1. The Hall–Kier alpha value is -4.36. The first-order valence-electron chi connectivity index (χ1n) is 13.7. The van der Waals surface area contributed by atoms with Gasteiger partial charge >= 0.3 is 0 Å². The Kier molecular flexibility index (Phi) is 7.41. The SMILES string of the molecule is CCn1cc(-c2ccnc(Cc3ccc(N4CCN(Cc5ccccc5)CC4)cc3)n2)c(-c2cccnc2)n1.